The summed E-state index contributed by atoms with van der Waals surface area (Å²) < 4.78 is 4.90. The monoisotopic (exact) mass is 340 g/mol. The molecule has 1 amide bonds. The molecule has 0 atom stereocenters. The Labute approximate surface area is 146 Å². The first-order valence-corrected chi connectivity index (χ1v) is 8.02. The van der Waals surface area contributed by atoms with E-state index < -0.39 is 5.97 Å². The molecular formula is C19H20N2O4. The minimum Gasteiger partial charge on any atom is -0.462 e. The lowest BCUT2D eigenvalue weighted by molar-refractivity contribution is -0.116. The lowest BCUT2D eigenvalue weighted by atomic mass is 10.1. The van der Waals surface area contributed by atoms with Gasteiger partial charge in [-0.1, -0.05) is 29.8 Å². The minimum absolute atomic E-state index is 0.0397. The Morgan fingerprint density at radius 3 is 2.44 bits per heavy atom. The molecule has 0 aliphatic carbocycles. The number of esters is 1. The van der Waals surface area contributed by atoms with Crippen molar-refractivity contribution in [2.45, 2.75) is 26.7 Å². The third-order valence-corrected chi connectivity index (χ3v) is 3.49. The zero-order valence-corrected chi connectivity index (χ0v) is 14.2. The molecule has 1 N–H and O–H groups in total. The Kier molecular flexibility index (Phi) is 6.39. The van der Waals surface area contributed by atoms with E-state index in [-0.39, 0.29) is 37.0 Å². The number of Topliss-reactive ketones (excluding diaryl/α,β-unsaturated/α-hetero) is 1. The molecule has 0 fully saturated rings. The zero-order chi connectivity index (χ0) is 18.2. The summed E-state index contributed by atoms with van der Waals surface area (Å²) in [5, 5.41) is 2.59. The molecule has 2 rings (SSSR count). The van der Waals surface area contributed by atoms with Crippen molar-refractivity contribution in [2.75, 3.05) is 11.9 Å². The molecular weight excluding hydrogens is 320 g/mol. The largest absolute Gasteiger partial charge is 0.462 e. The second-order valence-corrected chi connectivity index (χ2v) is 5.49. The van der Waals surface area contributed by atoms with Gasteiger partial charge in [-0.15, -0.1) is 0 Å². The van der Waals surface area contributed by atoms with Gasteiger partial charge in [0, 0.05) is 24.6 Å². The van der Waals surface area contributed by atoms with Gasteiger partial charge in [-0.2, -0.15) is 0 Å². The van der Waals surface area contributed by atoms with Gasteiger partial charge in [0.2, 0.25) is 5.91 Å². The molecule has 0 aliphatic rings. The van der Waals surface area contributed by atoms with Gasteiger partial charge in [-0.25, -0.2) is 9.78 Å². The average Bonchev–Trinajstić information content (AvgIpc) is 2.61. The highest BCUT2D eigenvalue weighted by Crippen LogP contribution is 2.11. The van der Waals surface area contributed by atoms with Crippen molar-refractivity contribution >= 4 is 23.5 Å². The highest BCUT2D eigenvalue weighted by molar-refractivity contribution is 6.00. The second-order valence-electron chi connectivity index (χ2n) is 5.49. The fourth-order valence-electron chi connectivity index (χ4n) is 2.16. The van der Waals surface area contributed by atoms with E-state index in [0.717, 1.165) is 5.56 Å². The Balaban J connectivity index is 1.90. The SMILES string of the molecule is CCOC(=O)c1ccnc(NC(=O)CCC(=O)c2ccc(C)cc2)c1. The predicted molar refractivity (Wildman–Crippen MR) is 93.6 cm³/mol. The first-order valence-electron chi connectivity index (χ1n) is 8.02. The Morgan fingerprint density at radius 1 is 1.04 bits per heavy atom. The summed E-state index contributed by atoms with van der Waals surface area (Å²) >= 11 is 0. The highest BCUT2D eigenvalue weighted by Gasteiger charge is 2.12. The number of aromatic nitrogens is 1. The van der Waals surface area contributed by atoms with Gasteiger partial charge < -0.3 is 10.1 Å². The molecule has 6 heteroatoms. The Morgan fingerprint density at radius 2 is 1.76 bits per heavy atom. The van der Waals surface area contributed by atoms with E-state index in [1.54, 1.807) is 19.1 Å². The average molecular weight is 340 g/mol. The number of hydrogen-bond acceptors (Lipinski definition) is 5. The number of carbonyl (C=O) groups is 3. The number of hydrogen-bond donors (Lipinski definition) is 1. The van der Waals surface area contributed by atoms with Crippen LogP contribution in [0.4, 0.5) is 5.82 Å². The summed E-state index contributed by atoms with van der Waals surface area (Å²) in [5.41, 5.74) is 1.96. The van der Waals surface area contributed by atoms with Crippen molar-refractivity contribution in [1.29, 1.82) is 0 Å². The van der Waals surface area contributed by atoms with Crippen LogP contribution in [-0.2, 0) is 9.53 Å². The van der Waals surface area contributed by atoms with Crippen LogP contribution in [0.3, 0.4) is 0 Å². The number of carbonyl (C=O) groups excluding carboxylic acids is 3. The predicted octanol–water partition coefficient (Wildman–Crippen LogP) is 3.17. The van der Waals surface area contributed by atoms with E-state index in [1.165, 1.54) is 18.3 Å². The van der Waals surface area contributed by atoms with E-state index in [1.807, 2.05) is 19.1 Å². The molecule has 25 heavy (non-hydrogen) atoms. The Bertz CT molecular complexity index is 769. The van der Waals surface area contributed by atoms with Crippen molar-refractivity contribution < 1.29 is 19.1 Å². The maximum atomic E-state index is 12.1. The van der Waals surface area contributed by atoms with E-state index in [0.29, 0.717) is 11.1 Å². The van der Waals surface area contributed by atoms with Crippen molar-refractivity contribution in [2.24, 2.45) is 0 Å². The topological polar surface area (TPSA) is 85.4 Å². The first kappa shape index (κ1) is 18.3. The molecule has 6 nitrogen and oxygen atoms in total. The number of nitrogens with one attached hydrogen (secondary N) is 1. The zero-order valence-electron chi connectivity index (χ0n) is 14.2. The van der Waals surface area contributed by atoms with E-state index in [2.05, 4.69) is 10.3 Å². The number of pyridine rings is 1. The van der Waals surface area contributed by atoms with Gasteiger partial charge in [0.05, 0.1) is 12.2 Å². The first-order chi connectivity index (χ1) is 12.0. The third kappa shape index (κ3) is 5.53. The van der Waals surface area contributed by atoms with Gasteiger partial charge >= 0.3 is 5.97 Å². The van der Waals surface area contributed by atoms with Crippen LogP contribution >= 0.6 is 0 Å². The molecule has 1 aromatic heterocycles. The van der Waals surface area contributed by atoms with Crippen LogP contribution in [0.5, 0.6) is 0 Å². The lowest BCUT2D eigenvalue weighted by Gasteiger charge is -2.06. The van der Waals surface area contributed by atoms with Crippen LogP contribution in [0.1, 0.15) is 46.0 Å². The molecule has 0 bridgehead atoms. The molecule has 130 valence electrons. The molecule has 0 aliphatic heterocycles. The van der Waals surface area contributed by atoms with Crippen LogP contribution in [0.2, 0.25) is 0 Å². The summed E-state index contributed by atoms with van der Waals surface area (Å²) in [5.74, 6) is -0.661. The van der Waals surface area contributed by atoms with Gasteiger partial charge in [0.25, 0.3) is 0 Å². The fourth-order valence-corrected chi connectivity index (χ4v) is 2.16. The molecule has 0 radical (unpaired) electrons. The normalized spacial score (nSPS) is 10.2. The van der Waals surface area contributed by atoms with Crippen molar-refractivity contribution in [3.8, 4) is 0 Å². The number of anilines is 1. The number of rotatable bonds is 7. The molecule has 1 heterocycles. The molecule has 0 saturated carbocycles. The van der Waals surface area contributed by atoms with Gasteiger partial charge in [-0.3, -0.25) is 9.59 Å². The summed E-state index contributed by atoms with van der Waals surface area (Å²) in [7, 11) is 0. The lowest BCUT2D eigenvalue weighted by Crippen LogP contribution is -2.15. The fraction of sp³-hybridized carbons (Fsp3) is 0.263. The highest BCUT2D eigenvalue weighted by atomic mass is 16.5. The number of aryl methyl sites for hydroxylation is 1. The van der Waals surface area contributed by atoms with E-state index in [9.17, 15) is 14.4 Å². The summed E-state index contributed by atoms with van der Waals surface area (Å²) in [4.78, 5) is 39.7. The number of nitrogens with zero attached hydrogens (tertiary/aromatic N) is 1. The molecule has 0 spiro atoms. The number of amides is 1. The van der Waals surface area contributed by atoms with Crippen molar-refractivity contribution in [1.82, 2.24) is 4.98 Å². The third-order valence-electron chi connectivity index (χ3n) is 3.49. The number of ether oxygens (including phenoxy) is 1. The summed E-state index contributed by atoms with van der Waals surface area (Å²) in [6.07, 6.45) is 1.56. The molecule has 2 aromatic rings. The van der Waals surface area contributed by atoms with Crippen LogP contribution in [0.15, 0.2) is 42.6 Å². The standard InChI is InChI=1S/C19H20N2O4/c1-3-25-19(24)15-10-11-20-17(12-15)21-18(23)9-8-16(22)14-6-4-13(2)5-7-14/h4-7,10-12H,3,8-9H2,1-2H3,(H,20,21,23). The van der Waals surface area contributed by atoms with Gasteiger partial charge in [-0.05, 0) is 26.0 Å². The minimum atomic E-state index is -0.477. The molecule has 0 unspecified atom stereocenters. The smallest absolute Gasteiger partial charge is 0.338 e. The van der Waals surface area contributed by atoms with E-state index >= 15 is 0 Å². The van der Waals surface area contributed by atoms with Crippen LogP contribution in [-0.4, -0.2) is 29.3 Å². The van der Waals surface area contributed by atoms with Crippen LogP contribution in [0, 0.1) is 6.92 Å². The number of ketones is 1. The molecule has 0 saturated heterocycles. The summed E-state index contributed by atoms with van der Waals surface area (Å²) in [6.45, 7) is 3.93. The maximum absolute atomic E-state index is 12.1. The van der Waals surface area contributed by atoms with Crippen molar-refractivity contribution in [3.05, 3.63) is 59.3 Å². The van der Waals surface area contributed by atoms with Crippen LogP contribution < -0.4 is 5.32 Å². The maximum Gasteiger partial charge on any atom is 0.338 e. The van der Waals surface area contributed by atoms with Gasteiger partial charge in [0.15, 0.2) is 5.78 Å². The number of benzene rings is 1. The van der Waals surface area contributed by atoms with Crippen molar-refractivity contribution in [3.63, 3.8) is 0 Å². The molecule has 1 aromatic carbocycles. The second kappa shape index (κ2) is 8.73. The van der Waals surface area contributed by atoms with E-state index in [4.69, 9.17) is 4.74 Å². The Hall–Kier alpha value is -3.02. The van der Waals surface area contributed by atoms with Crippen LogP contribution in [0.25, 0.3) is 0 Å². The van der Waals surface area contributed by atoms with Gasteiger partial charge in [0.1, 0.15) is 5.82 Å². The summed E-state index contributed by atoms with van der Waals surface area (Å²) in [6, 6.07) is 10.2. The quantitative estimate of drug-likeness (QED) is 0.618.